The summed E-state index contributed by atoms with van der Waals surface area (Å²) >= 11 is -2.62. The molecule has 0 heterocycles. The minimum absolute atomic E-state index is 0. The van der Waals surface area contributed by atoms with Crippen LogP contribution in [0.25, 0.3) is 11.1 Å². The molecule has 44 heavy (non-hydrogen) atoms. The summed E-state index contributed by atoms with van der Waals surface area (Å²) in [6.45, 7) is 28.6. The van der Waals surface area contributed by atoms with E-state index < -0.39 is 21.3 Å². The molecule has 1 unspecified atom stereocenters. The summed E-state index contributed by atoms with van der Waals surface area (Å²) in [7, 11) is 0. The van der Waals surface area contributed by atoms with Crippen LogP contribution in [0, 0.1) is 18.3 Å². The van der Waals surface area contributed by atoms with Crippen LogP contribution in [-0.2, 0) is 38.5 Å². The van der Waals surface area contributed by atoms with Gasteiger partial charge in [-0.1, -0.05) is 0 Å². The Hall–Kier alpha value is -1.53. The molecule has 0 spiro atoms. The van der Waals surface area contributed by atoms with Crippen LogP contribution in [0.1, 0.15) is 116 Å². The van der Waals surface area contributed by atoms with Gasteiger partial charge in [0.15, 0.2) is 0 Å². The first-order valence-corrected chi connectivity index (χ1v) is 19.9. The molecule has 1 atom stereocenters. The molecule has 2 aliphatic carbocycles. The Morgan fingerprint density at radius 1 is 0.773 bits per heavy atom. The molecule has 3 aromatic carbocycles. The van der Waals surface area contributed by atoms with E-state index >= 15 is 0 Å². The molecule has 0 saturated heterocycles. The summed E-state index contributed by atoms with van der Waals surface area (Å²) in [5.74, 6) is 0.491. The SMILES string of the molecule is CCC1=[C](/[Zr+2](=[CH]/c2ccc(C)cc2)[c]2c(C(C)(C)C)ccc3c2Cc2cc(C(C)(C)C)ccc2-3)C(C)C=C1C(C)(C)C.[Cl-].[Cl-]. The number of rotatable bonds is 4. The van der Waals surface area contributed by atoms with Gasteiger partial charge in [-0.15, -0.1) is 0 Å². The van der Waals surface area contributed by atoms with Gasteiger partial charge < -0.3 is 24.8 Å². The fraction of sp³-hybridized carbons (Fsp3) is 0.439. The van der Waals surface area contributed by atoms with Crippen molar-refractivity contribution in [3.8, 4) is 11.1 Å². The topological polar surface area (TPSA) is 0 Å². The molecule has 0 amide bonds. The van der Waals surface area contributed by atoms with Crippen molar-refractivity contribution in [1.29, 1.82) is 0 Å². The van der Waals surface area contributed by atoms with E-state index in [1.807, 2.05) is 0 Å². The maximum Gasteiger partial charge on any atom is -1.00 e. The number of allylic oxidation sites excluding steroid dienone is 4. The quantitative estimate of drug-likeness (QED) is 0.293. The maximum absolute atomic E-state index is 2.79. The van der Waals surface area contributed by atoms with Crippen molar-refractivity contribution >= 4 is 6.98 Å². The molecular weight excluding hydrogens is 655 g/mol. The number of benzene rings is 3. The van der Waals surface area contributed by atoms with E-state index in [0.717, 1.165) is 12.8 Å². The second-order valence-electron chi connectivity index (χ2n) is 15.9. The molecule has 0 radical (unpaired) electrons. The zero-order valence-corrected chi connectivity index (χ0v) is 33.1. The minimum Gasteiger partial charge on any atom is -1.00 e. The summed E-state index contributed by atoms with van der Waals surface area (Å²) in [5.41, 5.74) is 15.5. The molecule has 0 aromatic heterocycles. The molecule has 0 fully saturated rings. The molecule has 5 rings (SSSR count). The molecule has 3 aromatic rings. The largest absolute Gasteiger partial charge is 1.00 e. The van der Waals surface area contributed by atoms with Crippen LogP contribution < -0.4 is 28.1 Å². The predicted octanol–water partition coefficient (Wildman–Crippen LogP) is 4.55. The monoisotopic (exact) mass is 704 g/mol. The van der Waals surface area contributed by atoms with Crippen LogP contribution >= 0.6 is 0 Å². The summed E-state index contributed by atoms with van der Waals surface area (Å²) in [5, 5.41) is 0. The Morgan fingerprint density at radius 2 is 1.39 bits per heavy atom. The zero-order chi connectivity index (χ0) is 30.8. The standard InChI is InChI=1S/C21H25.C12H19.C8H8.2ClH.Zr/c1-20(2,3)16-7-9-18-14(12-16)11-15-13-17(21(4,5)6)8-10-19(15)18;1-6-10-7-9(2)8-11(10)12(3,4)5;1-7-3-5-8(2)6-4-7;;;/h7-10,12H,11H2,1-6H3;8-9H,6H2,1-5H3;1,3-6H,2H3;2*1H;/q;;;;;+2/p-2. The fourth-order valence-electron chi connectivity index (χ4n) is 7.14. The predicted molar refractivity (Wildman–Crippen MR) is 182 cm³/mol. The van der Waals surface area contributed by atoms with E-state index in [1.165, 1.54) is 33.4 Å². The number of fused-ring (bicyclic) bond motifs is 3. The second kappa shape index (κ2) is 13.3. The average Bonchev–Trinajstić information content (AvgIpc) is 3.43. The molecule has 3 heteroatoms. The number of aryl methyl sites for hydroxylation is 1. The number of hydrogen-bond acceptors (Lipinski definition) is 0. The van der Waals surface area contributed by atoms with E-state index in [9.17, 15) is 0 Å². The van der Waals surface area contributed by atoms with E-state index in [4.69, 9.17) is 0 Å². The molecule has 0 bridgehead atoms. The molecule has 2 aliphatic rings. The normalized spacial score (nSPS) is 16.3. The van der Waals surface area contributed by atoms with E-state index in [1.54, 1.807) is 28.8 Å². The first kappa shape index (κ1) is 36.9. The van der Waals surface area contributed by atoms with Gasteiger partial charge in [-0.25, -0.2) is 0 Å². The van der Waals surface area contributed by atoms with Crippen molar-refractivity contribution in [2.45, 2.75) is 107 Å². The van der Waals surface area contributed by atoms with Crippen LogP contribution in [0.4, 0.5) is 0 Å². The Bertz CT molecular complexity index is 1630. The van der Waals surface area contributed by atoms with Gasteiger partial charge in [0.1, 0.15) is 0 Å². The van der Waals surface area contributed by atoms with Gasteiger partial charge >= 0.3 is 266 Å². The molecule has 0 nitrogen and oxygen atoms in total. The minimum atomic E-state index is -2.62. The maximum atomic E-state index is 2.79. The van der Waals surface area contributed by atoms with Crippen molar-refractivity contribution in [2.24, 2.45) is 11.3 Å². The van der Waals surface area contributed by atoms with Crippen molar-refractivity contribution in [1.82, 2.24) is 0 Å². The van der Waals surface area contributed by atoms with Gasteiger partial charge in [-0.2, -0.15) is 0 Å². The molecule has 234 valence electrons. The van der Waals surface area contributed by atoms with Crippen LogP contribution in [0.15, 0.2) is 75.1 Å². The molecule has 0 aliphatic heterocycles. The molecule has 0 saturated carbocycles. The van der Waals surface area contributed by atoms with Gasteiger partial charge in [-0.05, 0) is 0 Å². The van der Waals surface area contributed by atoms with E-state index in [2.05, 4.69) is 147 Å². The molecular formula is C41H52Cl2Zr. The first-order valence-electron chi connectivity index (χ1n) is 16.1. The van der Waals surface area contributed by atoms with Crippen LogP contribution in [0.5, 0.6) is 0 Å². The smallest absolute Gasteiger partial charge is 1.00 e. The summed E-state index contributed by atoms with van der Waals surface area (Å²) in [4.78, 5) is 0. The van der Waals surface area contributed by atoms with Crippen molar-refractivity contribution in [2.75, 3.05) is 0 Å². The summed E-state index contributed by atoms with van der Waals surface area (Å²) < 4.78 is 6.33. The number of halogens is 2. The van der Waals surface area contributed by atoms with Gasteiger partial charge in [0.25, 0.3) is 0 Å². The van der Waals surface area contributed by atoms with E-state index in [0.29, 0.717) is 5.92 Å². The third kappa shape index (κ3) is 7.07. The fourth-order valence-corrected chi connectivity index (χ4v) is 16.0. The van der Waals surface area contributed by atoms with Crippen LogP contribution in [0.3, 0.4) is 0 Å². The van der Waals surface area contributed by atoms with Gasteiger partial charge in [0, 0.05) is 0 Å². The van der Waals surface area contributed by atoms with Crippen molar-refractivity contribution in [3.63, 3.8) is 0 Å². The Morgan fingerprint density at radius 3 is 1.93 bits per heavy atom. The van der Waals surface area contributed by atoms with Crippen molar-refractivity contribution in [3.05, 3.63) is 108 Å². The van der Waals surface area contributed by atoms with Gasteiger partial charge in [0.05, 0.1) is 0 Å². The zero-order valence-electron chi connectivity index (χ0n) is 29.1. The van der Waals surface area contributed by atoms with Crippen LogP contribution in [0.2, 0.25) is 0 Å². The third-order valence-electron chi connectivity index (χ3n) is 9.38. The summed E-state index contributed by atoms with van der Waals surface area (Å²) in [6, 6.07) is 21.6. The van der Waals surface area contributed by atoms with Crippen LogP contribution in [-0.4, -0.2) is 3.71 Å². The second-order valence-corrected chi connectivity index (χ2v) is 21.2. The third-order valence-corrected chi connectivity index (χ3v) is 16.9. The first-order chi connectivity index (χ1) is 19.5. The van der Waals surface area contributed by atoms with Crippen molar-refractivity contribution < 1.29 is 46.1 Å². The van der Waals surface area contributed by atoms with Gasteiger partial charge in [0.2, 0.25) is 0 Å². The number of hydrogen-bond donors (Lipinski definition) is 0. The Kier molecular flexibility index (Phi) is 11.2. The van der Waals surface area contributed by atoms with E-state index in [-0.39, 0.29) is 41.1 Å². The van der Waals surface area contributed by atoms with Gasteiger partial charge in [-0.3, -0.25) is 0 Å². The Balaban J connectivity index is 0.00000264. The summed E-state index contributed by atoms with van der Waals surface area (Å²) in [6.07, 6.45) is 4.80. The average molecular weight is 707 g/mol. The molecule has 0 N–H and O–H groups in total. The Labute approximate surface area is 288 Å².